The minimum atomic E-state index is 0.0161. The number of hydrogen-bond donors (Lipinski definition) is 1. The molecule has 0 aliphatic carbocycles. The van der Waals surface area contributed by atoms with Crippen LogP contribution in [0.2, 0.25) is 0 Å². The van der Waals surface area contributed by atoms with E-state index in [2.05, 4.69) is 41.2 Å². The van der Waals surface area contributed by atoms with Gasteiger partial charge in [0.15, 0.2) is 5.16 Å². The SMILES string of the molecule is Cc1ccc(-n2cnnc2SCC(=O)NCC(C(C)C)N2CCOCC2)cc1. The zero-order valence-corrected chi connectivity index (χ0v) is 17.6. The summed E-state index contributed by atoms with van der Waals surface area (Å²) in [5.41, 5.74) is 2.19. The molecule has 0 saturated carbocycles. The van der Waals surface area contributed by atoms with Gasteiger partial charge in [0.2, 0.25) is 5.91 Å². The quantitative estimate of drug-likeness (QED) is 0.681. The van der Waals surface area contributed by atoms with Gasteiger partial charge in [-0.05, 0) is 25.0 Å². The number of hydrogen-bond acceptors (Lipinski definition) is 6. The van der Waals surface area contributed by atoms with Crippen molar-refractivity contribution >= 4 is 17.7 Å². The molecule has 1 saturated heterocycles. The van der Waals surface area contributed by atoms with Gasteiger partial charge in [0.25, 0.3) is 0 Å². The van der Waals surface area contributed by atoms with Crippen molar-refractivity contribution < 1.29 is 9.53 Å². The minimum absolute atomic E-state index is 0.0161. The molecule has 1 aromatic heterocycles. The molecular weight excluding hydrogens is 374 g/mol. The fourth-order valence-electron chi connectivity index (χ4n) is 3.30. The van der Waals surface area contributed by atoms with Crippen molar-refractivity contribution in [2.75, 3.05) is 38.6 Å². The zero-order valence-electron chi connectivity index (χ0n) is 16.8. The van der Waals surface area contributed by atoms with Crippen LogP contribution in [0, 0.1) is 12.8 Å². The number of aromatic nitrogens is 3. The molecule has 1 aliphatic rings. The molecule has 7 nitrogen and oxygen atoms in total. The first kappa shape index (κ1) is 20.8. The molecule has 152 valence electrons. The molecule has 1 unspecified atom stereocenters. The second-order valence-corrected chi connectivity index (χ2v) is 8.31. The average molecular weight is 404 g/mol. The monoisotopic (exact) mass is 403 g/mol. The van der Waals surface area contributed by atoms with E-state index < -0.39 is 0 Å². The molecule has 0 spiro atoms. The molecule has 2 aromatic rings. The van der Waals surface area contributed by atoms with E-state index in [1.54, 1.807) is 6.33 Å². The first-order valence-electron chi connectivity index (χ1n) is 9.73. The van der Waals surface area contributed by atoms with Crippen LogP contribution in [0.25, 0.3) is 5.69 Å². The zero-order chi connectivity index (χ0) is 19.9. The number of nitrogens with zero attached hydrogens (tertiary/aromatic N) is 4. The van der Waals surface area contributed by atoms with E-state index in [9.17, 15) is 4.79 Å². The lowest BCUT2D eigenvalue weighted by atomic mass is 10.0. The molecule has 8 heteroatoms. The predicted octanol–water partition coefficient (Wildman–Crippen LogP) is 2.14. The highest BCUT2D eigenvalue weighted by Crippen LogP contribution is 2.19. The number of carbonyl (C=O) groups is 1. The Bertz CT molecular complexity index is 756. The van der Waals surface area contributed by atoms with Crippen LogP contribution in [0.4, 0.5) is 0 Å². The maximum absolute atomic E-state index is 12.4. The van der Waals surface area contributed by atoms with Gasteiger partial charge in [-0.2, -0.15) is 0 Å². The second kappa shape index (κ2) is 10.0. The number of morpholine rings is 1. The lowest BCUT2D eigenvalue weighted by Gasteiger charge is -2.36. The topological polar surface area (TPSA) is 72.3 Å². The van der Waals surface area contributed by atoms with E-state index in [-0.39, 0.29) is 5.91 Å². The van der Waals surface area contributed by atoms with Crippen LogP contribution >= 0.6 is 11.8 Å². The molecule has 1 aromatic carbocycles. The molecular formula is C20H29N5O2S. The van der Waals surface area contributed by atoms with Crippen LogP contribution in [0.5, 0.6) is 0 Å². The first-order chi connectivity index (χ1) is 13.5. The van der Waals surface area contributed by atoms with Crippen LogP contribution in [0.1, 0.15) is 19.4 Å². The van der Waals surface area contributed by atoms with E-state index in [0.29, 0.717) is 29.4 Å². The van der Waals surface area contributed by atoms with Gasteiger partial charge in [-0.15, -0.1) is 10.2 Å². The summed E-state index contributed by atoms with van der Waals surface area (Å²) in [6, 6.07) is 8.48. The number of ether oxygens (including phenoxy) is 1. The Labute approximate surface area is 170 Å². The fraction of sp³-hybridized carbons (Fsp3) is 0.550. The van der Waals surface area contributed by atoms with E-state index in [0.717, 1.165) is 32.0 Å². The summed E-state index contributed by atoms with van der Waals surface area (Å²) in [7, 11) is 0. The highest BCUT2D eigenvalue weighted by Gasteiger charge is 2.24. The third-order valence-corrected chi connectivity index (χ3v) is 5.90. The predicted molar refractivity (Wildman–Crippen MR) is 111 cm³/mol. The summed E-state index contributed by atoms with van der Waals surface area (Å²) in [4.78, 5) is 14.8. The highest BCUT2D eigenvalue weighted by atomic mass is 32.2. The van der Waals surface area contributed by atoms with Crippen LogP contribution in [-0.2, 0) is 9.53 Å². The van der Waals surface area contributed by atoms with Gasteiger partial charge in [0, 0.05) is 31.4 Å². The van der Waals surface area contributed by atoms with Crippen LogP contribution in [-0.4, -0.2) is 70.2 Å². The minimum Gasteiger partial charge on any atom is -0.379 e. The summed E-state index contributed by atoms with van der Waals surface area (Å²) < 4.78 is 7.35. The molecule has 0 bridgehead atoms. The number of benzene rings is 1. The largest absolute Gasteiger partial charge is 0.379 e. The molecule has 1 amide bonds. The molecule has 1 atom stereocenters. The van der Waals surface area contributed by atoms with Crippen molar-refractivity contribution in [1.82, 2.24) is 25.0 Å². The van der Waals surface area contributed by atoms with Crippen molar-refractivity contribution in [3.8, 4) is 5.69 Å². The Morgan fingerprint density at radius 1 is 1.25 bits per heavy atom. The molecule has 3 rings (SSSR count). The number of rotatable bonds is 8. The van der Waals surface area contributed by atoms with Crippen molar-refractivity contribution in [2.45, 2.75) is 32.0 Å². The third-order valence-electron chi connectivity index (χ3n) is 4.95. The molecule has 28 heavy (non-hydrogen) atoms. The Kier molecular flexibility index (Phi) is 7.47. The Morgan fingerprint density at radius 2 is 1.96 bits per heavy atom. The van der Waals surface area contributed by atoms with Crippen LogP contribution in [0.15, 0.2) is 35.7 Å². The lowest BCUT2D eigenvalue weighted by molar-refractivity contribution is -0.119. The number of aryl methyl sites for hydroxylation is 1. The van der Waals surface area contributed by atoms with E-state index >= 15 is 0 Å². The molecule has 1 aliphatic heterocycles. The van der Waals surface area contributed by atoms with Crippen LogP contribution in [0.3, 0.4) is 0 Å². The van der Waals surface area contributed by atoms with Gasteiger partial charge in [-0.1, -0.05) is 43.3 Å². The van der Waals surface area contributed by atoms with E-state index in [1.807, 2.05) is 28.8 Å². The van der Waals surface area contributed by atoms with Crippen molar-refractivity contribution in [2.24, 2.45) is 5.92 Å². The van der Waals surface area contributed by atoms with Gasteiger partial charge in [-0.25, -0.2) is 0 Å². The van der Waals surface area contributed by atoms with Gasteiger partial charge in [0.05, 0.1) is 19.0 Å². The van der Waals surface area contributed by atoms with Crippen molar-refractivity contribution in [3.05, 3.63) is 36.2 Å². The number of amides is 1. The van der Waals surface area contributed by atoms with Crippen molar-refractivity contribution in [3.63, 3.8) is 0 Å². The Balaban J connectivity index is 1.52. The number of thioether (sulfide) groups is 1. The molecule has 1 fully saturated rings. The Hall–Kier alpha value is -1.90. The lowest BCUT2D eigenvalue weighted by Crippen LogP contribution is -2.51. The highest BCUT2D eigenvalue weighted by molar-refractivity contribution is 7.99. The number of carbonyl (C=O) groups excluding carboxylic acids is 1. The van der Waals surface area contributed by atoms with E-state index in [4.69, 9.17) is 4.74 Å². The van der Waals surface area contributed by atoms with Gasteiger partial charge in [0.1, 0.15) is 6.33 Å². The van der Waals surface area contributed by atoms with Crippen molar-refractivity contribution in [1.29, 1.82) is 0 Å². The summed E-state index contributed by atoms with van der Waals surface area (Å²) in [6.45, 7) is 10.5. The molecule has 1 N–H and O–H groups in total. The maximum Gasteiger partial charge on any atom is 0.230 e. The summed E-state index contributed by atoms with van der Waals surface area (Å²) in [6.07, 6.45) is 1.68. The summed E-state index contributed by atoms with van der Waals surface area (Å²) in [5, 5.41) is 12.0. The fourth-order valence-corrected chi connectivity index (χ4v) is 4.06. The first-order valence-corrected chi connectivity index (χ1v) is 10.7. The van der Waals surface area contributed by atoms with E-state index in [1.165, 1.54) is 17.3 Å². The average Bonchev–Trinajstić information content (AvgIpc) is 3.16. The van der Waals surface area contributed by atoms with Crippen LogP contribution < -0.4 is 5.32 Å². The standard InChI is InChI=1S/C20H29N5O2S/c1-15(2)18(24-8-10-27-11-9-24)12-21-19(26)13-28-20-23-22-14-25(20)17-6-4-16(3)5-7-17/h4-7,14-15,18H,8-13H2,1-3H3,(H,21,26). The van der Waals surface area contributed by atoms with Gasteiger partial charge >= 0.3 is 0 Å². The summed E-state index contributed by atoms with van der Waals surface area (Å²) >= 11 is 1.40. The Morgan fingerprint density at radius 3 is 2.64 bits per heavy atom. The third kappa shape index (κ3) is 5.56. The smallest absolute Gasteiger partial charge is 0.230 e. The normalized spacial score (nSPS) is 16.3. The summed E-state index contributed by atoms with van der Waals surface area (Å²) in [5.74, 6) is 0.802. The molecule has 0 radical (unpaired) electrons. The number of nitrogens with one attached hydrogen (secondary N) is 1. The second-order valence-electron chi connectivity index (χ2n) is 7.37. The van der Waals surface area contributed by atoms with Gasteiger partial charge in [-0.3, -0.25) is 14.3 Å². The molecule has 2 heterocycles. The van der Waals surface area contributed by atoms with Gasteiger partial charge < -0.3 is 10.1 Å². The maximum atomic E-state index is 12.4.